The van der Waals surface area contributed by atoms with Crippen LogP contribution in [0.3, 0.4) is 0 Å². The predicted molar refractivity (Wildman–Crippen MR) is 66.8 cm³/mol. The van der Waals surface area contributed by atoms with E-state index in [1.165, 1.54) is 0 Å². The zero-order chi connectivity index (χ0) is 12.6. The molecule has 1 amide bonds. The van der Waals surface area contributed by atoms with Crippen LogP contribution in [0.1, 0.15) is 13.8 Å². The molecule has 0 unspecified atom stereocenters. The smallest absolute Gasteiger partial charge is 0.277 e. The van der Waals surface area contributed by atoms with Crippen LogP contribution in [0.5, 0.6) is 0 Å². The molecule has 0 bridgehead atoms. The highest BCUT2D eigenvalue weighted by molar-refractivity contribution is 7.86. The molecule has 0 aromatic heterocycles. The second-order valence-electron chi connectivity index (χ2n) is 4.46. The number of hydrogen-bond acceptors (Lipinski definition) is 4. The van der Waals surface area contributed by atoms with E-state index in [9.17, 15) is 13.2 Å². The number of nitrogens with two attached hydrogens (primary N) is 2. The topological polar surface area (TPSA) is 110 Å². The van der Waals surface area contributed by atoms with E-state index >= 15 is 0 Å². The van der Waals surface area contributed by atoms with Gasteiger partial charge in [-0.15, -0.1) is 12.4 Å². The standard InChI is InChI=1S/C8H18N4O3S.ClH/c1-8(2,9)7(13)11-3-5-12(6-4-11)16(10,14)15;/h3-6,9H2,1-2H3,(H2,10,14,15);1H. The first kappa shape index (κ1) is 16.6. The molecule has 0 saturated carbocycles. The van der Waals surface area contributed by atoms with E-state index in [4.69, 9.17) is 10.9 Å². The van der Waals surface area contributed by atoms with Crippen molar-refractivity contribution in [3.05, 3.63) is 0 Å². The molecular formula is C8H19ClN4O3S. The van der Waals surface area contributed by atoms with E-state index in [1.54, 1.807) is 18.7 Å². The molecule has 7 nitrogen and oxygen atoms in total. The fourth-order valence-electron chi connectivity index (χ4n) is 1.55. The Labute approximate surface area is 108 Å². The first-order valence-corrected chi connectivity index (χ1v) is 6.49. The summed E-state index contributed by atoms with van der Waals surface area (Å²) in [5.74, 6) is -0.179. The van der Waals surface area contributed by atoms with Gasteiger partial charge in [-0.3, -0.25) is 4.79 Å². The van der Waals surface area contributed by atoms with Crippen LogP contribution >= 0.6 is 12.4 Å². The predicted octanol–water partition coefficient (Wildman–Crippen LogP) is -1.51. The Hall–Kier alpha value is -0.410. The fraction of sp³-hybridized carbons (Fsp3) is 0.875. The molecule has 17 heavy (non-hydrogen) atoms. The van der Waals surface area contributed by atoms with Crippen LogP contribution in [0, 0.1) is 0 Å². The molecule has 1 fully saturated rings. The summed E-state index contributed by atoms with van der Waals surface area (Å²) in [6, 6.07) is 0. The lowest BCUT2D eigenvalue weighted by atomic mass is 10.1. The van der Waals surface area contributed by atoms with E-state index in [2.05, 4.69) is 0 Å². The zero-order valence-corrected chi connectivity index (χ0v) is 11.6. The lowest BCUT2D eigenvalue weighted by molar-refractivity contribution is -0.137. The van der Waals surface area contributed by atoms with Gasteiger partial charge in [-0.05, 0) is 13.8 Å². The average molecular weight is 287 g/mol. The summed E-state index contributed by atoms with van der Waals surface area (Å²) in [6.07, 6.45) is 0. The van der Waals surface area contributed by atoms with Gasteiger partial charge >= 0.3 is 0 Å². The zero-order valence-electron chi connectivity index (χ0n) is 9.92. The molecule has 0 spiro atoms. The molecule has 0 aromatic rings. The van der Waals surface area contributed by atoms with Crippen molar-refractivity contribution in [1.29, 1.82) is 0 Å². The van der Waals surface area contributed by atoms with E-state index in [0.29, 0.717) is 13.1 Å². The molecule has 0 radical (unpaired) electrons. The minimum absolute atomic E-state index is 0. The third-order valence-electron chi connectivity index (χ3n) is 2.44. The summed E-state index contributed by atoms with van der Waals surface area (Å²) >= 11 is 0. The van der Waals surface area contributed by atoms with Gasteiger partial charge in [-0.25, -0.2) is 5.14 Å². The highest BCUT2D eigenvalue weighted by Crippen LogP contribution is 2.09. The molecule has 0 aliphatic carbocycles. The lowest BCUT2D eigenvalue weighted by Crippen LogP contribution is -2.58. The van der Waals surface area contributed by atoms with E-state index in [0.717, 1.165) is 4.31 Å². The summed E-state index contributed by atoms with van der Waals surface area (Å²) in [6.45, 7) is 4.36. The molecule has 0 atom stereocenters. The van der Waals surface area contributed by atoms with Crippen molar-refractivity contribution in [2.45, 2.75) is 19.4 Å². The Kier molecular flexibility index (Phi) is 5.36. The van der Waals surface area contributed by atoms with Gasteiger partial charge in [0.25, 0.3) is 10.2 Å². The molecule has 9 heteroatoms. The van der Waals surface area contributed by atoms with Gasteiger partial charge in [-0.2, -0.15) is 12.7 Å². The Bertz CT molecular complexity index is 371. The third-order valence-corrected chi connectivity index (χ3v) is 3.52. The molecule has 102 valence electrons. The number of carbonyl (C=O) groups excluding carboxylic acids is 1. The summed E-state index contributed by atoms with van der Waals surface area (Å²) in [5, 5.41) is 4.99. The van der Waals surface area contributed by atoms with E-state index in [1.807, 2.05) is 0 Å². The number of piperazine rings is 1. The maximum Gasteiger partial charge on any atom is 0.277 e. The van der Waals surface area contributed by atoms with Gasteiger partial charge < -0.3 is 10.6 Å². The monoisotopic (exact) mass is 286 g/mol. The number of amides is 1. The molecule has 1 rings (SSSR count). The van der Waals surface area contributed by atoms with Gasteiger partial charge in [0, 0.05) is 26.2 Å². The quantitative estimate of drug-likeness (QED) is 0.643. The Morgan fingerprint density at radius 3 is 1.88 bits per heavy atom. The van der Waals surface area contributed by atoms with Crippen LogP contribution in [-0.2, 0) is 15.0 Å². The third kappa shape index (κ3) is 4.40. The van der Waals surface area contributed by atoms with Crippen molar-refractivity contribution < 1.29 is 13.2 Å². The number of carbonyl (C=O) groups is 1. The molecule has 4 N–H and O–H groups in total. The number of nitrogens with zero attached hydrogens (tertiary/aromatic N) is 2. The van der Waals surface area contributed by atoms with Crippen LogP contribution in [0.4, 0.5) is 0 Å². The van der Waals surface area contributed by atoms with Gasteiger partial charge in [0.2, 0.25) is 5.91 Å². The second kappa shape index (κ2) is 5.49. The number of rotatable bonds is 2. The number of halogens is 1. The van der Waals surface area contributed by atoms with Crippen molar-refractivity contribution >= 4 is 28.5 Å². The highest BCUT2D eigenvalue weighted by atomic mass is 35.5. The Balaban J connectivity index is 0.00000256. The molecular weight excluding hydrogens is 268 g/mol. The van der Waals surface area contributed by atoms with Gasteiger partial charge in [0.15, 0.2) is 0 Å². The van der Waals surface area contributed by atoms with Crippen molar-refractivity contribution in [1.82, 2.24) is 9.21 Å². The van der Waals surface area contributed by atoms with Gasteiger partial charge in [0.05, 0.1) is 5.54 Å². The maximum atomic E-state index is 11.8. The Morgan fingerprint density at radius 1 is 1.18 bits per heavy atom. The SMILES string of the molecule is CC(C)(N)C(=O)N1CCN(S(N)(=O)=O)CC1.Cl. The van der Waals surface area contributed by atoms with Crippen LogP contribution in [-0.4, -0.2) is 55.2 Å². The van der Waals surface area contributed by atoms with Crippen molar-refractivity contribution in [2.75, 3.05) is 26.2 Å². The van der Waals surface area contributed by atoms with Crippen LogP contribution in [0.25, 0.3) is 0 Å². The van der Waals surface area contributed by atoms with Crippen molar-refractivity contribution in [3.63, 3.8) is 0 Å². The largest absolute Gasteiger partial charge is 0.338 e. The second-order valence-corrected chi connectivity index (χ2v) is 6.00. The lowest BCUT2D eigenvalue weighted by Gasteiger charge is -2.36. The molecule has 1 aliphatic rings. The summed E-state index contributed by atoms with van der Waals surface area (Å²) < 4.78 is 23.2. The molecule has 0 aromatic carbocycles. The van der Waals surface area contributed by atoms with E-state index in [-0.39, 0.29) is 31.4 Å². The normalized spacial score (nSPS) is 18.7. The average Bonchev–Trinajstić information content (AvgIpc) is 2.14. The minimum atomic E-state index is -3.65. The molecule has 1 saturated heterocycles. The molecule has 1 heterocycles. The fourth-order valence-corrected chi connectivity index (χ4v) is 2.23. The van der Waals surface area contributed by atoms with Crippen LogP contribution in [0.15, 0.2) is 0 Å². The number of hydrogen-bond donors (Lipinski definition) is 2. The highest BCUT2D eigenvalue weighted by Gasteiger charge is 2.32. The first-order chi connectivity index (χ1) is 7.12. The summed E-state index contributed by atoms with van der Waals surface area (Å²) in [7, 11) is -3.65. The van der Waals surface area contributed by atoms with Crippen LogP contribution in [0.2, 0.25) is 0 Å². The maximum absolute atomic E-state index is 11.8. The minimum Gasteiger partial charge on any atom is -0.338 e. The van der Waals surface area contributed by atoms with E-state index < -0.39 is 15.7 Å². The summed E-state index contributed by atoms with van der Waals surface area (Å²) in [5.41, 5.74) is 4.76. The Morgan fingerprint density at radius 2 is 1.59 bits per heavy atom. The van der Waals surface area contributed by atoms with Crippen molar-refractivity contribution in [3.8, 4) is 0 Å². The van der Waals surface area contributed by atoms with Gasteiger partial charge in [-0.1, -0.05) is 0 Å². The summed E-state index contributed by atoms with van der Waals surface area (Å²) in [4.78, 5) is 13.3. The van der Waals surface area contributed by atoms with Crippen LogP contribution < -0.4 is 10.9 Å². The molecule has 1 aliphatic heterocycles. The van der Waals surface area contributed by atoms with Gasteiger partial charge in [0.1, 0.15) is 0 Å². The van der Waals surface area contributed by atoms with Crippen molar-refractivity contribution in [2.24, 2.45) is 10.9 Å². The first-order valence-electron chi connectivity index (χ1n) is 4.98.